The van der Waals surface area contributed by atoms with Crippen molar-refractivity contribution in [3.8, 4) is 11.4 Å². The molecule has 98 valence electrons. The highest BCUT2D eigenvalue weighted by atomic mass is 16.6. The Bertz CT molecular complexity index is 693. The standard InChI is InChI=1S/C13H12N2O4/c1-8-5-11(17)6-9(2)14(8)12-4-3-10(16)7-13(12)15(18)19/h3-7,16H,1-2H3. The van der Waals surface area contributed by atoms with Crippen molar-refractivity contribution in [1.29, 1.82) is 0 Å². The summed E-state index contributed by atoms with van der Waals surface area (Å²) in [5.41, 5.74) is 1.15. The van der Waals surface area contributed by atoms with E-state index in [1.165, 1.54) is 24.3 Å². The Morgan fingerprint density at radius 1 is 1.16 bits per heavy atom. The van der Waals surface area contributed by atoms with Crippen LogP contribution >= 0.6 is 0 Å². The third-order valence-corrected chi connectivity index (χ3v) is 2.80. The van der Waals surface area contributed by atoms with Crippen molar-refractivity contribution in [2.45, 2.75) is 13.8 Å². The highest BCUT2D eigenvalue weighted by Gasteiger charge is 2.18. The average molecular weight is 260 g/mol. The smallest absolute Gasteiger partial charge is 0.296 e. The highest BCUT2D eigenvalue weighted by molar-refractivity contribution is 5.57. The van der Waals surface area contributed by atoms with Gasteiger partial charge in [0, 0.05) is 23.5 Å². The zero-order valence-electron chi connectivity index (χ0n) is 10.5. The molecule has 0 atom stereocenters. The van der Waals surface area contributed by atoms with Gasteiger partial charge in [0.15, 0.2) is 5.43 Å². The van der Waals surface area contributed by atoms with Crippen LogP contribution in [0.25, 0.3) is 5.69 Å². The topological polar surface area (TPSA) is 85.4 Å². The van der Waals surface area contributed by atoms with E-state index in [-0.39, 0.29) is 16.9 Å². The van der Waals surface area contributed by atoms with Crippen molar-refractivity contribution >= 4 is 5.69 Å². The molecule has 1 aromatic carbocycles. The molecule has 0 saturated carbocycles. The van der Waals surface area contributed by atoms with Crippen LogP contribution in [0.5, 0.6) is 5.75 Å². The van der Waals surface area contributed by atoms with Crippen molar-refractivity contribution < 1.29 is 10.0 Å². The molecule has 2 aromatic rings. The van der Waals surface area contributed by atoms with Gasteiger partial charge in [-0.25, -0.2) is 0 Å². The quantitative estimate of drug-likeness (QED) is 0.661. The predicted octanol–water partition coefficient (Wildman–Crippen LogP) is 2.07. The Hall–Kier alpha value is -2.63. The minimum absolute atomic E-state index is 0.146. The molecule has 0 spiro atoms. The van der Waals surface area contributed by atoms with Crippen LogP contribution in [-0.4, -0.2) is 14.6 Å². The van der Waals surface area contributed by atoms with Crippen molar-refractivity contribution in [2.24, 2.45) is 0 Å². The molecule has 0 unspecified atom stereocenters. The highest BCUT2D eigenvalue weighted by Crippen LogP contribution is 2.28. The van der Waals surface area contributed by atoms with Crippen molar-refractivity contribution in [3.63, 3.8) is 0 Å². The van der Waals surface area contributed by atoms with Gasteiger partial charge in [0.05, 0.1) is 11.0 Å². The van der Waals surface area contributed by atoms with E-state index in [0.29, 0.717) is 17.1 Å². The molecule has 0 saturated heterocycles. The fourth-order valence-electron chi connectivity index (χ4n) is 2.09. The Morgan fingerprint density at radius 2 is 1.74 bits per heavy atom. The number of hydrogen-bond donors (Lipinski definition) is 1. The zero-order chi connectivity index (χ0) is 14.2. The fraction of sp³-hybridized carbons (Fsp3) is 0.154. The molecule has 0 amide bonds. The molecule has 6 nitrogen and oxygen atoms in total. The summed E-state index contributed by atoms with van der Waals surface area (Å²) in [7, 11) is 0. The number of phenols is 1. The third-order valence-electron chi connectivity index (χ3n) is 2.80. The molecule has 0 radical (unpaired) electrons. The molecule has 6 heteroatoms. The van der Waals surface area contributed by atoms with Gasteiger partial charge in [0.1, 0.15) is 11.4 Å². The first-order chi connectivity index (χ1) is 8.90. The Kier molecular flexibility index (Phi) is 3.08. The van der Waals surface area contributed by atoms with Crippen molar-refractivity contribution in [3.05, 3.63) is 62.1 Å². The first kappa shape index (κ1) is 12.8. The molecule has 1 heterocycles. The molecule has 19 heavy (non-hydrogen) atoms. The largest absolute Gasteiger partial charge is 0.508 e. The van der Waals surface area contributed by atoms with Crippen LogP contribution in [0.15, 0.2) is 35.1 Å². The van der Waals surface area contributed by atoms with E-state index in [2.05, 4.69) is 0 Å². The maximum Gasteiger partial charge on any atom is 0.296 e. The van der Waals surface area contributed by atoms with Gasteiger partial charge >= 0.3 is 0 Å². The molecular formula is C13H12N2O4. The zero-order valence-corrected chi connectivity index (χ0v) is 10.5. The number of aryl methyl sites for hydroxylation is 2. The monoisotopic (exact) mass is 260 g/mol. The molecule has 0 aliphatic rings. The summed E-state index contributed by atoms with van der Waals surface area (Å²) < 4.78 is 1.61. The van der Waals surface area contributed by atoms with Crippen molar-refractivity contribution in [2.75, 3.05) is 0 Å². The maximum absolute atomic E-state index is 11.4. The second-order valence-corrected chi connectivity index (χ2v) is 4.24. The summed E-state index contributed by atoms with van der Waals surface area (Å²) in [4.78, 5) is 21.9. The van der Waals surface area contributed by atoms with Gasteiger partial charge in [0.25, 0.3) is 5.69 Å². The summed E-state index contributed by atoms with van der Waals surface area (Å²) in [6.07, 6.45) is 0. The van der Waals surface area contributed by atoms with E-state index >= 15 is 0 Å². The molecule has 2 rings (SSSR count). The number of nitro benzene ring substituents is 1. The summed E-state index contributed by atoms with van der Waals surface area (Å²) in [6, 6.07) is 6.73. The Morgan fingerprint density at radius 3 is 2.26 bits per heavy atom. The van der Waals surface area contributed by atoms with Crippen LogP contribution in [0.1, 0.15) is 11.4 Å². The third kappa shape index (κ3) is 2.33. The molecule has 1 N–H and O–H groups in total. The average Bonchev–Trinajstić information content (AvgIpc) is 2.29. The summed E-state index contributed by atoms with van der Waals surface area (Å²) in [5, 5.41) is 20.4. The number of nitrogens with zero attached hydrogens (tertiary/aromatic N) is 2. The lowest BCUT2D eigenvalue weighted by molar-refractivity contribution is -0.384. The number of nitro groups is 1. The summed E-state index contributed by atoms with van der Waals surface area (Å²) in [6.45, 7) is 3.40. The Labute approximate surface area is 108 Å². The number of phenolic OH excluding ortho intramolecular Hbond substituents is 1. The van der Waals surface area contributed by atoms with Crippen LogP contribution < -0.4 is 5.43 Å². The molecule has 0 bridgehead atoms. The number of hydrogen-bond acceptors (Lipinski definition) is 4. The first-order valence-electron chi connectivity index (χ1n) is 5.58. The van der Waals surface area contributed by atoms with Gasteiger partial charge in [0.2, 0.25) is 0 Å². The number of aromatic nitrogens is 1. The molecule has 0 aliphatic heterocycles. The lowest BCUT2D eigenvalue weighted by atomic mass is 10.2. The number of aromatic hydroxyl groups is 1. The van der Waals surface area contributed by atoms with E-state index in [0.717, 1.165) is 6.07 Å². The Balaban J connectivity index is 2.79. The van der Waals surface area contributed by atoms with Crippen LogP contribution in [0, 0.1) is 24.0 Å². The van der Waals surface area contributed by atoms with E-state index < -0.39 is 4.92 Å². The van der Waals surface area contributed by atoms with Gasteiger partial charge < -0.3 is 9.67 Å². The van der Waals surface area contributed by atoms with E-state index in [9.17, 15) is 20.0 Å². The minimum Gasteiger partial charge on any atom is -0.508 e. The second kappa shape index (κ2) is 4.56. The normalized spacial score (nSPS) is 10.4. The summed E-state index contributed by atoms with van der Waals surface area (Å²) in [5.74, 6) is -0.174. The molecule has 0 fully saturated rings. The molecule has 1 aromatic heterocycles. The van der Waals surface area contributed by atoms with E-state index in [1.54, 1.807) is 18.4 Å². The van der Waals surface area contributed by atoms with Gasteiger partial charge in [-0.1, -0.05) is 0 Å². The van der Waals surface area contributed by atoms with Crippen molar-refractivity contribution in [1.82, 2.24) is 4.57 Å². The van der Waals surface area contributed by atoms with Crippen LogP contribution in [0.3, 0.4) is 0 Å². The first-order valence-corrected chi connectivity index (χ1v) is 5.58. The van der Waals surface area contributed by atoms with Gasteiger partial charge in [-0.15, -0.1) is 0 Å². The predicted molar refractivity (Wildman–Crippen MR) is 69.8 cm³/mol. The fourth-order valence-corrected chi connectivity index (χ4v) is 2.09. The lowest BCUT2D eigenvalue weighted by Crippen LogP contribution is -2.12. The second-order valence-electron chi connectivity index (χ2n) is 4.24. The van der Waals surface area contributed by atoms with Gasteiger partial charge in [-0.3, -0.25) is 14.9 Å². The van der Waals surface area contributed by atoms with Crippen LogP contribution in [0.4, 0.5) is 5.69 Å². The maximum atomic E-state index is 11.4. The minimum atomic E-state index is -0.563. The number of rotatable bonds is 2. The number of benzene rings is 1. The van der Waals surface area contributed by atoms with Gasteiger partial charge in [-0.05, 0) is 26.0 Å². The van der Waals surface area contributed by atoms with Crippen LogP contribution in [0.2, 0.25) is 0 Å². The summed E-state index contributed by atoms with van der Waals surface area (Å²) >= 11 is 0. The number of pyridine rings is 1. The SMILES string of the molecule is Cc1cc(=O)cc(C)n1-c1ccc(O)cc1[N+](=O)[O-]. The lowest BCUT2D eigenvalue weighted by Gasteiger charge is -2.14. The van der Waals surface area contributed by atoms with Crippen LogP contribution in [-0.2, 0) is 0 Å². The van der Waals surface area contributed by atoms with E-state index in [1.807, 2.05) is 0 Å². The van der Waals surface area contributed by atoms with Gasteiger partial charge in [-0.2, -0.15) is 0 Å². The van der Waals surface area contributed by atoms with E-state index in [4.69, 9.17) is 0 Å². The molecule has 0 aliphatic carbocycles. The molecular weight excluding hydrogens is 248 g/mol.